The van der Waals surface area contributed by atoms with Crippen molar-refractivity contribution in [1.82, 2.24) is 4.98 Å². The number of fused-ring (bicyclic) bond motifs is 1. The van der Waals surface area contributed by atoms with Gasteiger partial charge in [-0.3, -0.25) is 0 Å². The molecule has 0 amide bonds. The minimum Gasteiger partial charge on any atom is -0.459 e. The monoisotopic (exact) mass is 411 g/mol. The third-order valence-corrected chi connectivity index (χ3v) is 5.12. The van der Waals surface area contributed by atoms with Crippen molar-refractivity contribution in [2.24, 2.45) is 0 Å². The lowest BCUT2D eigenvalue weighted by molar-refractivity contribution is -0.216. The first-order chi connectivity index (χ1) is 12.7. The Bertz CT molecular complexity index is 996. The molecule has 142 valence electrons. The molecule has 0 spiro atoms. The third-order valence-electron chi connectivity index (χ3n) is 3.80. The van der Waals surface area contributed by atoms with Crippen LogP contribution in [0, 0.1) is 13.8 Å². The summed E-state index contributed by atoms with van der Waals surface area (Å²) >= 11 is 7.47. The molecule has 0 atom stereocenters. The van der Waals surface area contributed by atoms with Crippen LogP contribution in [0.25, 0.3) is 20.8 Å². The number of aryl methyl sites for hydroxylation is 2. The fourth-order valence-corrected chi connectivity index (χ4v) is 3.74. The number of carbonyl (C=O) groups is 1. The molecule has 1 aromatic heterocycles. The summed E-state index contributed by atoms with van der Waals surface area (Å²) in [6.45, 7) is 4.56. The maximum absolute atomic E-state index is 13.9. The summed E-state index contributed by atoms with van der Waals surface area (Å²) in [5.41, 5.74) is 2.47. The molecule has 0 saturated carbocycles. The van der Waals surface area contributed by atoms with Crippen LogP contribution in [0.2, 0.25) is 5.02 Å². The molecule has 2 aromatic carbocycles. The lowest BCUT2D eigenvalue weighted by Gasteiger charge is -2.19. The zero-order valence-electron chi connectivity index (χ0n) is 14.8. The van der Waals surface area contributed by atoms with E-state index in [1.165, 1.54) is 18.3 Å². The molecule has 4 nitrogen and oxygen atoms in total. The van der Waals surface area contributed by atoms with Gasteiger partial charge < -0.3 is 9.47 Å². The number of aromatic nitrogens is 1. The summed E-state index contributed by atoms with van der Waals surface area (Å²) < 4.78 is 37.9. The lowest BCUT2D eigenvalue weighted by Crippen LogP contribution is -2.37. The van der Waals surface area contributed by atoms with Crippen LogP contribution < -0.4 is 4.74 Å². The van der Waals surface area contributed by atoms with E-state index < -0.39 is 12.1 Å². The quantitative estimate of drug-likeness (QED) is 0.500. The number of benzene rings is 2. The molecule has 0 N–H and O–H groups in total. The fraction of sp³-hybridized carbons (Fsp3) is 0.263. The predicted molar refractivity (Wildman–Crippen MR) is 102 cm³/mol. The normalized spacial score (nSPS) is 11.6. The van der Waals surface area contributed by atoms with Crippen LogP contribution >= 0.6 is 22.9 Å². The summed E-state index contributed by atoms with van der Waals surface area (Å²) in [5.74, 6) is -1.77. The summed E-state index contributed by atoms with van der Waals surface area (Å²) in [7, 11) is 0. The first kappa shape index (κ1) is 19.5. The highest BCUT2D eigenvalue weighted by Crippen LogP contribution is 2.37. The summed E-state index contributed by atoms with van der Waals surface area (Å²) in [6.07, 6.45) is -4.06. The van der Waals surface area contributed by atoms with Crippen LogP contribution in [0.15, 0.2) is 30.3 Å². The molecule has 1 heterocycles. The average molecular weight is 412 g/mol. The Morgan fingerprint density at radius 3 is 2.52 bits per heavy atom. The highest BCUT2D eigenvalue weighted by molar-refractivity contribution is 7.21. The fourth-order valence-electron chi connectivity index (χ4n) is 2.64. The Balaban J connectivity index is 1.95. The van der Waals surface area contributed by atoms with Gasteiger partial charge in [0.05, 0.1) is 16.8 Å². The number of esters is 1. The van der Waals surface area contributed by atoms with Gasteiger partial charge in [-0.1, -0.05) is 11.6 Å². The van der Waals surface area contributed by atoms with Gasteiger partial charge in [0, 0.05) is 10.6 Å². The number of hydrogen-bond donors (Lipinski definition) is 0. The minimum absolute atomic E-state index is 0.0547. The number of rotatable bonds is 5. The van der Waals surface area contributed by atoms with Gasteiger partial charge in [0.15, 0.2) is 0 Å². The van der Waals surface area contributed by atoms with Crippen molar-refractivity contribution in [2.75, 3.05) is 6.61 Å². The van der Waals surface area contributed by atoms with Gasteiger partial charge in [-0.25, -0.2) is 9.78 Å². The van der Waals surface area contributed by atoms with Crippen LogP contribution in [0.5, 0.6) is 5.75 Å². The first-order valence-corrected chi connectivity index (χ1v) is 9.32. The third kappa shape index (κ3) is 4.04. The molecule has 27 heavy (non-hydrogen) atoms. The van der Waals surface area contributed by atoms with Gasteiger partial charge in [-0.15, -0.1) is 11.3 Å². The molecule has 0 aliphatic rings. The molecule has 0 saturated heterocycles. The van der Waals surface area contributed by atoms with Crippen LogP contribution in [-0.4, -0.2) is 23.7 Å². The molecule has 3 rings (SSSR count). The van der Waals surface area contributed by atoms with Gasteiger partial charge in [-0.05, 0) is 62.2 Å². The summed E-state index contributed by atoms with van der Waals surface area (Å²) in [5, 5.41) is 1.33. The molecule has 0 unspecified atom stereocenters. The topological polar surface area (TPSA) is 48.4 Å². The molecule has 0 radical (unpaired) electrons. The number of nitrogens with zero attached hydrogens (tertiary/aromatic N) is 1. The maximum atomic E-state index is 13.9. The molecular formula is C19H16ClF2NO3S. The van der Waals surface area contributed by atoms with Crippen molar-refractivity contribution in [3.63, 3.8) is 0 Å². The number of halogens is 3. The van der Waals surface area contributed by atoms with E-state index in [1.807, 2.05) is 6.07 Å². The largest absolute Gasteiger partial charge is 0.502 e. The lowest BCUT2D eigenvalue weighted by atomic mass is 10.1. The number of hydrogen-bond acceptors (Lipinski definition) is 5. The van der Waals surface area contributed by atoms with E-state index >= 15 is 0 Å². The Morgan fingerprint density at radius 1 is 1.22 bits per heavy atom. The van der Waals surface area contributed by atoms with Crippen molar-refractivity contribution in [3.8, 4) is 16.3 Å². The predicted octanol–water partition coefficient (Wildman–Crippen LogP) is 5.77. The first-order valence-electron chi connectivity index (χ1n) is 8.13. The molecular weight excluding hydrogens is 396 g/mol. The zero-order chi connectivity index (χ0) is 19.8. The number of alkyl halides is 2. The van der Waals surface area contributed by atoms with Gasteiger partial charge in [0.1, 0.15) is 10.8 Å². The molecule has 0 aliphatic heterocycles. The van der Waals surface area contributed by atoms with E-state index in [1.54, 1.807) is 38.1 Å². The Hall–Kier alpha value is -2.25. The smallest absolute Gasteiger partial charge is 0.459 e. The second kappa shape index (κ2) is 7.40. The molecule has 0 bridgehead atoms. The van der Waals surface area contributed by atoms with E-state index in [9.17, 15) is 13.6 Å². The van der Waals surface area contributed by atoms with Gasteiger partial charge >= 0.3 is 12.1 Å². The second-order valence-corrected chi connectivity index (χ2v) is 7.38. The standard InChI is InChI=1S/C19H16ClF2NO3S/c1-4-25-18(24)19(21,22)26-16-10(2)7-12(8-11(16)3)17-23-14-9-13(20)5-6-15(14)27-17/h5-9H,4H2,1-3H3. The van der Waals surface area contributed by atoms with Crippen LogP contribution in [0.3, 0.4) is 0 Å². The van der Waals surface area contributed by atoms with Crippen molar-refractivity contribution in [2.45, 2.75) is 26.9 Å². The molecule has 0 fully saturated rings. The van der Waals surface area contributed by atoms with Crippen molar-refractivity contribution in [3.05, 3.63) is 46.5 Å². The zero-order valence-corrected chi connectivity index (χ0v) is 16.4. The summed E-state index contributed by atoms with van der Waals surface area (Å²) in [4.78, 5) is 15.9. The molecule has 0 aliphatic carbocycles. The van der Waals surface area contributed by atoms with E-state index in [-0.39, 0.29) is 12.4 Å². The van der Waals surface area contributed by atoms with E-state index in [0.29, 0.717) is 16.1 Å². The second-order valence-electron chi connectivity index (χ2n) is 5.91. The van der Waals surface area contributed by atoms with Crippen LogP contribution in [0.1, 0.15) is 18.1 Å². The van der Waals surface area contributed by atoms with E-state index in [0.717, 1.165) is 20.8 Å². The Kier molecular flexibility index (Phi) is 5.35. The van der Waals surface area contributed by atoms with Crippen molar-refractivity contribution < 1.29 is 23.0 Å². The highest BCUT2D eigenvalue weighted by atomic mass is 35.5. The molecule has 8 heteroatoms. The highest BCUT2D eigenvalue weighted by Gasteiger charge is 2.44. The van der Waals surface area contributed by atoms with E-state index in [4.69, 9.17) is 16.3 Å². The van der Waals surface area contributed by atoms with Crippen LogP contribution in [-0.2, 0) is 9.53 Å². The van der Waals surface area contributed by atoms with Crippen molar-refractivity contribution in [1.29, 1.82) is 0 Å². The van der Waals surface area contributed by atoms with Gasteiger partial charge in [0.2, 0.25) is 0 Å². The van der Waals surface area contributed by atoms with Crippen molar-refractivity contribution >= 4 is 39.1 Å². The average Bonchev–Trinajstić information content (AvgIpc) is 3.01. The summed E-state index contributed by atoms with van der Waals surface area (Å²) in [6, 6.07) is 8.84. The maximum Gasteiger partial charge on any atom is 0.502 e. The number of carbonyl (C=O) groups excluding carboxylic acids is 1. The molecule has 3 aromatic rings. The Labute approximate surface area is 163 Å². The van der Waals surface area contributed by atoms with Gasteiger partial charge in [-0.2, -0.15) is 8.78 Å². The SMILES string of the molecule is CCOC(=O)C(F)(F)Oc1c(C)cc(-c2nc3cc(Cl)ccc3s2)cc1C. The van der Waals surface area contributed by atoms with Crippen LogP contribution in [0.4, 0.5) is 8.78 Å². The number of thiazole rings is 1. The minimum atomic E-state index is -4.06. The Morgan fingerprint density at radius 2 is 1.89 bits per heavy atom. The van der Waals surface area contributed by atoms with Gasteiger partial charge in [0.25, 0.3) is 0 Å². The van der Waals surface area contributed by atoms with E-state index in [2.05, 4.69) is 9.72 Å². The number of ether oxygens (including phenoxy) is 2.